The normalized spacial score (nSPS) is 12.4. The number of nitrogens with two attached hydrogens (primary N) is 1. The molecule has 0 radical (unpaired) electrons. The molecule has 0 aliphatic carbocycles. The van der Waals surface area contributed by atoms with Gasteiger partial charge in [-0.05, 0) is 36.6 Å². The standard InChI is InChI=1S/C15H15ClFN/c1-10-2-4-11(5-3-10)15(18)8-12-6-7-13(16)9-14(12)17/h2-7,9,15H,8,18H2,1H3. The summed E-state index contributed by atoms with van der Waals surface area (Å²) in [6.45, 7) is 2.02. The van der Waals surface area contributed by atoms with E-state index in [0.717, 1.165) is 5.56 Å². The summed E-state index contributed by atoms with van der Waals surface area (Å²) in [4.78, 5) is 0. The molecule has 0 aliphatic rings. The van der Waals surface area contributed by atoms with Crippen molar-refractivity contribution >= 4 is 11.6 Å². The summed E-state index contributed by atoms with van der Waals surface area (Å²) in [6.07, 6.45) is 0.464. The SMILES string of the molecule is Cc1ccc(C(N)Cc2ccc(Cl)cc2F)cc1. The molecule has 1 nitrogen and oxygen atoms in total. The molecule has 2 rings (SSSR count). The molecule has 0 aliphatic heterocycles. The summed E-state index contributed by atoms with van der Waals surface area (Å²) in [5, 5.41) is 0.403. The molecule has 1 atom stereocenters. The Morgan fingerprint density at radius 3 is 2.44 bits per heavy atom. The van der Waals surface area contributed by atoms with E-state index in [2.05, 4.69) is 0 Å². The van der Waals surface area contributed by atoms with Crippen molar-refractivity contribution in [3.8, 4) is 0 Å². The maximum Gasteiger partial charge on any atom is 0.127 e. The van der Waals surface area contributed by atoms with Crippen LogP contribution in [0.5, 0.6) is 0 Å². The van der Waals surface area contributed by atoms with Crippen molar-refractivity contribution in [2.24, 2.45) is 5.73 Å². The molecule has 0 saturated heterocycles. The van der Waals surface area contributed by atoms with Crippen molar-refractivity contribution < 1.29 is 4.39 Å². The third-order valence-corrected chi connectivity index (χ3v) is 3.20. The number of hydrogen-bond acceptors (Lipinski definition) is 1. The fourth-order valence-corrected chi connectivity index (χ4v) is 2.01. The van der Waals surface area contributed by atoms with E-state index >= 15 is 0 Å². The molecule has 18 heavy (non-hydrogen) atoms. The van der Waals surface area contributed by atoms with Gasteiger partial charge >= 0.3 is 0 Å². The zero-order valence-corrected chi connectivity index (χ0v) is 10.9. The van der Waals surface area contributed by atoms with E-state index in [-0.39, 0.29) is 11.9 Å². The minimum Gasteiger partial charge on any atom is -0.324 e. The summed E-state index contributed by atoms with van der Waals surface area (Å²) in [5.41, 5.74) is 8.87. The fraction of sp³-hybridized carbons (Fsp3) is 0.200. The van der Waals surface area contributed by atoms with E-state index < -0.39 is 0 Å². The topological polar surface area (TPSA) is 26.0 Å². The molecular weight excluding hydrogens is 249 g/mol. The second kappa shape index (κ2) is 5.51. The average Bonchev–Trinajstić information content (AvgIpc) is 2.33. The summed E-state index contributed by atoms with van der Waals surface area (Å²) in [6, 6.07) is 12.5. The van der Waals surface area contributed by atoms with Crippen LogP contribution in [-0.4, -0.2) is 0 Å². The predicted octanol–water partition coefficient (Wildman–Crippen LogP) is 4.03. The fourth-order valence-electron chi connectivity index (χ4n) is 1.86. The van der Waals surface area contributed by atoms with E-state index in [4.69, 9.17) is 17.3 Å². The molecule has 0 spiro atoms. The number of rotatable bonds is 3. The Labute approximate surface area is 111 Å². The van der Waals surface area contributed by atoms with Gasteiger partial charge in [0.15, 0.2) is 0 Å². The summed E-state index contributed by atoms with van der Waals surface area (Å²) >= 11 is 5.72. The lowest BCUT2D eigenvalue weighted by Gasteiger charge is -2.13. The van der Waals surface area contributed by atoms with Crippen molar-refractivity contribution in [1.82, 2.24) is 0 Å². The Morgan fingerprint density at radius 2 is 1.83 bits per heavy atom. The van der Waals surface area contributed by atoms with Gasteiger partial charge < -0.3 is 5.73 Å². The molecule has 2 aromatic carbocycles. The third-order valence-electron chi connectivity index (χ3n) is 2.96. The highest BCUT2D eigenvalue weighted by molar-refractivity contribution is 6.30. The minimum absolute atomic E-state index is 0.207. The van der Waals surface area contributed by atoms with Crippen LogP contribution >= 0.6 is 11.6 Å². The highest BCUT2D eigenvalue weighted by atomic mass is 35.5. The van der Waals surface area contributed by atoms with E-state index in [1.807, 2.05) is 31.2 Å². The van der Waals surface area contributed by atoms with Gasteiger partial charge in [0, 0.05) is 11.1 Å². The highest BCUT2D eigenvalue weighted by Gasteiger charge is 2.10. The van der Waals surface area contributed by atoms with Crippen molar-refractivity contribution in [2.45, 2.75) is 19.4 Å². The van der Waals surface area contributed by atoms with Crippen LogP contribution in [0.1, 0.15) is 22.7 Å². The van der Waals surface area contributed by atoms with Gasteiger partial charge in [-0.1, -0.05) is 47.5 Å². The first-order valence-electron chi connectivity index (χ1n) is 5.82. The van der Waals surface area contributed by atoms with Gasteiger partial charge in [0.1, 0.15) is 5.82 Å². The van der Waals surface area contributed by atoms with Crippen molar-refractivity contribution in [1.29, 1.82) is 0 Å². The second-order valence-electron chi connectivity index (χ2n) is 4.46. The maximum absolute atomic E-state index is 13.7. The lowest BCUT2D eigenvalue weighted by molar-refractivity contribution is 0.593. The summed E-state index contributed by atoms with van der Waals surface area (Å²) < 4.78 is 13.7. The first-order valence-corrected chi connectivity index (χ1v) is 6.20. The lowest BCUT2D eigenvalue weighted by Crippen LogP contribution is -2.14. The van der Waals surface area contributed by atoms with Crippen LogP contribution in [0.3, 0.4) is 0 Å². The first kappa shape index (κ1) is 13.1. The maximum atomic E-state index is 13.7. The molecular formula is C15H15ClFN. The predicted molar refractivity (Wildman–Crippen MR) is 73.2 cm³/mol. The Morgan fingerprint density at radius 1 is 1.17 bits per heavy atom. The quantitative estimate of drug-likeness (QED) is 0.889. The minimum atomic E-state index is -0.301. The number of benzene rings is 2. The van der Waals surface area contributed by atoms with Crippen LogP contribution in [0.4, 0.5) is 4.39 Å². The van der Waals surface area contributed by atoms with E-state index in [0.29, 0.717) is 17.0 Å². The monoisotopic (exact) mass is 263 g/mol. The molecule has 94 valence electrons. The van der Waals surface area contributed by atoms with Gasteiger partial charge in [0.25, 0.3) is 0 Å². The van der Waals surface area contributed by atoms with Crippen LogP contribution in [0, 0.1) is 12.7 Å². The van der Waals surface area contributed by atoms with Gasteiger partial charge in [0.05, 0.1) is 0 Å². The van der Waals surface area contributed by atoms with E-state index in [1.165, 1.54) is 11.6 Å². The van der Waals surface area contributed by atoms with Crippen LogP contribution < -0.4 is 5.73 Å². The van der Waals surface area contributed by atoms with Crippen LogP contribution in [0.25, 0.3) is 0 Å². The number of halogens is 2. The number of aryl methyl sites for hydroxylation is 1. The molecule has 1 unspecified atom stereocenters. The zero-order valence-electron chi connectivity index (χ0n) is 10.2. The van der Waals surface area contributed by atoms with Gasteiger partial charge in [-0.2, -0.15) is 0 Å². The smallest absolute Gasteiger partial charge is 0.127 e. The summed E-state index contributed by atoms with van der Waals surface area (Å²) in [5.74, 6) is -0.301. The van der Waals surface area contributed by atoms with Crippen LogP contribution in [0.2, 0.25) is 5.02 Å². The van der Waals surface area contributed by atoms with Gasteiger partial charge in [-0.3, -0.25) is 0 Å². The molecule has 0 bridgehead atoms. The Bertz CT molecular complexity index is 537. The average molecular weight is 264 g/mol. The lowest BCUT2D eigenvalue weighted by atomic mass is 9.98. The molecule has 2 N–H and O–H groups in total. The van der Waals surface area contributed by atoms with E-state index in [1.54, 1.807) is 12.1 Å². The highest BCUT2D eigenvalue weighted by Crippen LogP contribution is 2.21. The third kappa shape index (κ3) is 3.09. The van der Waals surface area contributed by atoms with Crippen molar-refractivity contribution in [2.75, 3.05) is 0 Å². The Hall–Kier alpha value is -1.38. The second-order valence-corrected chi connectivity index (χ2v) is 4.89. The largest absolute Gasteiger partial charge is 0.324 e. The van der Waals surface area contributed by atoms with Gasteiger partial charge in [0.2, 0.25) is 0 Å². The molecule has 0 fully saturated rings. The molecule has 3 heteroatoms. The summed E-state index contributed by atoms with van der Waals surface area (Å²) in [7, 11) is 0. The molecule has 0 saturated carbocycles. The molecule has 0 amide bonds. The van der Waals surface area contributed by atoms with Crippen LogP contribution in [0.15, 0.2) is 42.5 Å². The van der Waals surface area contributed by atoms with E-state index in [9.17, 15) is 4.39 Å². The number of hydrogen-bond donors (Lipinski definition) is 1. The van der Waals surface area contributed by atoms with Gasteiger partial charge in [-0.15, -0.1) is 0 Å². The Balaban J connectivity index is 2.15. The first-order chi connectivity index (χ1) is 8.56. The molecule has 0 heterocycles. The molecule has 2 aromatic rings. The van der Waals surface area contributed by atoms with Gasteiger partial charge in [-0.25, -0.2) is 4.39 Å². The molecule has 0 aromatic heterocycles. The zero-order chi connectivity index (χ0) is 13.1. The van der Waals surface area contributed by atoms with Crippen LogP contribution in [-0.2, 0) is 6.42 Å². The van der Waals surface area contributed by atoms with Crippen molar-refractivity contribution in [3.05, 3.63) is 70.0 Å². The Kier molecular flexibility index (Phi) is 4.00. The van der Waals surface area contributed by atoms with Crippen molar-refractivity contribution in [3.63, 3.8) is 0 Å².